The first-order valence-corrected chi connectivity index (χ1v) is 7.98. The Hall–Kier alpha value is -1.06. The molecule has 0 amide bonds. The number of benzene rings is 1. The molecule has 0 aliphatic heterocycles. The van der Waals surface area contributed by atoms with E-state index < -0.39 is 0 Å². The minimum atomic E-state index is -0.0438. The molecule has 0 radical (unpaired) electrons. The minimum Gasteiger partial charge on any atom is -0.325 e. The van der Waals surface area contributed by atoms with Crippen LogP contribution < -0.4 is 5.73 Å². The van der Waals surface area contributed by atoms with Gasteiger partial charge in [0.1, 0.15) is 5.82 Å². The Balaban J connectivity index is 1.79. The second-order valence-electron chi connectivity index (χ2n) is 6.51. The molecule has 2 aromatic rings. The Labute approximate surface area is 124 Å². The summed E-state index contributed by atoms with van der Waals surface area (Å²) < 4.78 is 2.42. The highest BCUT2D eigenvalue weighted by Crippen LogP contribution is 2.40. The number of aromatic nitrogens is 2. The number of hydrogen-bond donors (Lipinski definition) is 1. The van der Waals surface area contributed by atoms with Crippen LogP contribution in [0.5, 0.6) is 0 Å². The number of fused-ring (bicyclic) bond motifs is 1. The predicted octanol–water partition coefficient (Wildman–Crippen LogP) is 3.84. The Morgan fingerprint density at radius 1 is 1.30 bits per heavy atom. The van der Waals surface area contributed by atoms with Crippen molar-refractivity contribution in [1.82, 2.24) is 9.55 Å². The Morgan fingerprint density at radius 3 is 2.75 bits per heavy atom. The Morgan fingerprint density at radius 2 is 2.05 bits per heavy atom. The maximum Gasteiger partial charge on any atom is 0.111 e. The molecule has 20 heavy (non-hydrogen) atoms. The van der Waals surface area contributed by atoms with Crippen molar-refractivity contribution < 1.29 is 0 Å². The maximum atomic E-state index is 6.55. The van der Waals surface area contributed by atoms with Gasteiger partial charge in [-0.3, -0.25) is 0 Å². The molecule has 0 bridgehead atoms. The highest BCUT2D eigenvalue weighted by Gasteiger charge is 2.34. The van der Waals surface area contributed by atoms with Crippen LogP contribution in [0, 0.1) is 0 Å². The Bertz CT molecular complexity index is 651. The van der Waals surface area contributed by atoms with E-state index >= 15 is 0 Å². The molecule has 2 aliphatic carbocycles. The quantitative estimate of drug-likeness (QED) is 0.933. The van der Waals surface area contributed by atoms with E-state index in [1.807, 2.05) is 12.1 Å². The lowest BCUT2D eigenvalue weighted by atomic mass is 9.94. The van der Waals surface area contributed by atoms with Crippen molar-refractivity contribution in [2.45, 2.75) is 56.5 Å². The molecule has 0 spiro atoms. The second kappa shape index (κ2) is 4.47. The molecule has 1 aromatic heterocycles. The van der Waals surface area contributed by atoms with Crippen molar-refractivity contribution in [3.63, 3.8) is 0 Å². The maximum absolute atomic E-state index is 6.55. The van der Waals surface area contributed by atoms with Gasteiger partial charge in [-0.05, 0) is 43.9 Å². The highest BCUT2D eigenvalue weighted by molar-refractivity contribution is 6.31. The minimum absolute atomic E-state index is 0.0438. The summed E-state index contributed by atoms with van der Waals surface area (Å²) in [6, 6.07) is 6.66. The summed E-state index contributed by atoms with van der Waals surface area (Å²) in [7, 11) is 0. The van der Waals surface area contributed by atoms with E-state index in [0.29, 0.717) is 6.04 Å². The first-order chi connectivity index (χ1) is 9.65. The molecule has 0 unspecified atom stereocenters. The molecule has 2 N–H and O–H groups in total. The molecular weight excluding hydrogens is 270 g/mol. The van der Waals surface area contributed by atoms with Gasteiger partial charge in [-0.2, -0.15) is 0 Å². The molecule has 2 saturated carbocycles. The fourth-order valence-electron chi connectivity index (χ4n) is 3.56. The average Bonchev–Trinajstić information content (AvgIpc) is 3.06. The van der Waals surface area contributed by atoms with E-state index in [-0.39, 0.29) is 5.54 Å². The van der Waals surface area contributed by atoms with Crippen LogP contribution in [0.3, 0.4) is 0 Å². The molecule has 0 saturated heterocycles. The molecule has 0 atom stereocenters. The normalized spacial score (nSPS) is 21.7. The first kappa shape index (κ1) is 12.7. The number of hydrogen-bond acceptors (Lipinski definition) is 2. The SMILES string of the molecule is NC1(Cc2nc3cc(Cl)ccc3n2C2CC2)CCCC1. The molecule has 3 nitrogen and oxygen atoms in total. The lowest BCUT2D eigenvalue weighted by molar-refractivity contribution is 0.419. The van der Waals surface area contributed by atoms with Crippen LogP contribution in [0.2, 0.25) is 5.02 Å². The van der Waals surface area contributed by atoms with Gasteiger partial charge in [0, 0.05) is 23.0 Å². The van der Waals surface area contributed by atoms with Crippen molar-refractivity contribution in [3.8, 4) is 0 Å². The zero-order valence-corrected chi connectivity index (χ0v) is 12.4. The van der Waals surface area contributed by atoms with E-state index in [2.05, 4.69) is 10.6 Å². The summed E-state index contributed by atoms with van der Waals surface area (Å²) in [4.78, 5) is 4.84. The summed E-state index contributed by atoms with van der Waals surface area (Å²) in [5.74, 6) is 1.16. The van der Waals surface area contributed by atoms with Gasteiger partial charge in [0.25, 0.3) is 0 Å². The summed E-state index contributed by atoms with van der Waals surface area (Å²) >= 11 is 6.10. The van der Waals surface area contributed by atoms with Crippen LogP contribution in [0.25, 0.3) is 11.0 Å². The molecule has 1 heterocycles. The molecular formula is C16H20ClN3. The zero-order valence-electron chi connectivity index (χ0n) is 11.6. The third-order valence-electron chi connectivity index (χ3n) is 4.75. The third kappa shape index (κ3) is 2.13. The van der Waals surface area contributed by atoms with Crippen LogP contribution in [0.1, 0.15) is 50.4 Å². The summed E-state index contributed by atoms with van der Waals surface area (Å²) in [5, 5.41) is 0.757. The second-order valence-corrected chi connectivity index (χ2v) is 6.94. The van der Waals surface area contributed by atoms with Crippen LogP contribution in [0.4, 0.5) is 0 Å². The monoisotopic (exact) mass is 289 g/mol. The standard InChI is InChI=1S/C16H20ClN3/c17-11-3-6-14-13(9-11)19-15(20(14)12-4-5-12)10-16(18)7-1-2-8-16/h3,6,9,12H,1-2,4-5,7-8,10,18H2. The number of nitrogens with zero attached hydrogens (tertiary/aromatic N) is 2. The van der Waals surface area contributed by atoms with Gasteiger partial charge in [-0.15, -0.1) is 0 Å². The molecule has 2 aliphatic rings. The van der Waals surface area contributed by atoms with E-state index in [1.54, 1.807) is 0 Å². The van der Waals surface area contributed by atoms with Crippen LogP contribution in [-0.4, -0.2) is 15.1 Å². The van der Waals surface area contributed by atoms with Crippen molar-refractivity contribution in [1.29, 1.82) is 0 Å². The molecule has 2 fully saturated rings. The van der Waals surface area contributed by atoms with Crippen LogP contribution in [0.15, 0.2) is 18.2 Å². The number of rotatable bonds is 3. The van der Waals surface area contributed by atoms with Crippen LogP contribution >= 0.6 is 11.6 Å². The van der Waals surface area contributed by atoms with Crippen LogP contribution in [-0.2, 0) is 6.42 Å². The summed E-state index contributed by atoms with van der Waals surface area (Å²) in [6.45, 7) is 0. The largest absolute Gasteiger partial charge is 0.325 e. The fourth-order valence-corrected chi connectivity index (χ4v) is 3.72. The summed E-state index contributed by atoms with van der Waals surface area (Å²) in [5.41, 5.74) is 8.74. The van der Waals surface area contributed by atoms with Gasteiger partial charge < -0.3 is 10.3 Å². The number of imidazole rings is 1. The van der Waals surface area contributed by atoms with E-state index in [0.717, 1.165) is 35.6 Å². The molecule has 1 aromatic carbocycles. The van der Waals surface area contributed by atoms with Gasteiger partial charge in [-0.1, -0.05) is 24.4 Å². The van der Waals surface area contributed by atoms with Crippen molar-refractivity contribution >= 4 is 22.6 Å². The van der Waals surface area contributed by atoms with Gasteiger partial charge in [0.15, 0.2) is 0 Å². The lowest BCUT2D eigenvalue weighted by Crippen LogP contribution is -2.39. The van der Waals surface area contributed by atoms with E-state index in [4.69, 9.17) is 22.3 Å². The van der Waals surface area contributed by atoms with Gasteiger partial charge in [0.05, 0.1) is 11.0 Å². The average molecular weight is 290 g/mol. The highest BCUT2D eigenvalue weighted by atomic mass is 35.5. The zero-order chi connectivity index (χ0) is 13.7. The summed E-state index contributed by atoms with van der Waals surface area (Å²) in [6.07, 6.45) is 8.19. The lowest BCUT2D eigenvalue weighted by Gasteiger charge is -2.23. The fraction of sp³-hybridized carbons (Fsp3) is 0.562. The smallest absolute Gasteiger partial charge is 0.111 e. The van der Waals surface area contributed by atoms with Crippen molar-refractivity contribution in [3.05, 3.63) is 29.0 Å². The number of halogens is 1. The van der Waals surface area contributed by atoms with Crippen molar-refractivity contribution in [2.75, 3.05) is 0 Å². The van der Waals surface area contributed by atoms with Gasteiger partial charge >= 0.3 is 0 Å². The predicted molar refractivity (Wildman–Crippen MR) is 82.1 cm³/mol. The van der Waals surface area contributed by atoms with E-state index in [9.17, 15) is 0 Å². The van der Waals surface area contributed by atoms with E-state index in [1.165, 1.54) is 31.2 Å². The molecule has 4 rings (SSSR count). The Kier molecular flexibility index (Phi) is 2.83. The van der Waals surface area contributed by atoms with Crippen molar-refractivity contribution in [2.24, 2.45) is 5.73 Å². The molecule has 106 valence electrons. The first-order valence-electron chi connectivity index (χ1n) is 7.60. The van der Waals surface area contributed by atoms with Gasteiger partial charge in [0.2, 0.25) is 0 Å². The molecule has 4 heteroatoms. The topological polar surface area (TPSA) is 43.8 Å². The van der Waals surface area contributed by atoms with Gasteiger partial charge in [-0.25, -0.2) is 4.98 Å². The third-order valence-corrected chi connectivity index (χ3v) is 4.98. The number of nitrogens with two attached hydrogens (primary N) is 1.